The monoisotopic (exact) mass is 193 g/mol. The molecule has 1 aliphatic rings. The number of phenolic OH excluding ortho intramolecular Hbond substituents is 1. The molecule has 0 unspecified atom stereocenters. The van der Waals surface area contributed by atoms with Crippen molar-refractivity contribution in [3.8, 4) is 11.5 Å². The van der Waals surface area contributed by atoms with Gasteiger partial charge in [0.25, 0.3) is 0 Å². The molecule has 3 heteroatoms. The van der Waals surface area contributed by atoms with E-state index in [2.05, 4.69) is 0 Å². The molecule has 3 nitrogen and oxygen atoms in total. The highest BCUT2D eigenvalue weighted by molar-refractivity contribution is 5.42. The molecule has 1 aliphatic carbocycles. The quantitative estimate of drug-likeness (QED) is 0.763. The van der Waals surface area contributed by atoms with E-state index in [1.165, 1.54) is 0 Å². The molecule has 0 aliphatic heterocycles. The Labute approximate surface area is 83.5 Å². The Morgan fingerprint density at radius 1 is 1.50 bits per heavy atom. The molecular formula is C11H15NO2. The summed E-state index contributed by atoms with van der Waals surface area (Å²) in [4.78, 5) is 0. The van der Waals surface area contributed by atoms with Gasteiger partial charge in [-0.3, -0.25) is 0 Å². The van der Waals surface area contributed by atoms with Crippen LogP contribution in [-0.4, -0.2) is 17.8 Å². The van der Waals surface area contributed by atoms with Crippen LogP contribution >= 0.6 is 0 Å². The van der Waals surface area contributed by atoms with Gasteiger partial charge in [0.15, 0.2) is 11.5 Å². The van der Waals surface area contributed by atoms with Crippen LogP contribution in [0.4, 0.5) is 0 Å². The van der Waals surface area contributed by atoms with Crippen molar-refractivity contribution in [3.63, 3.8) is 0 Å². The van der Waals surface area contributed by atoms with Crippen LogP contribution in [-0.2, 0) is 6.42 Å². The first-order valence-corrected chi connectivity index (χ1v) is 4.78. The maximum Gasteiger partial charge on any atom is 0.160 e. The fourth-order valence-corrected chi connectivity index (χ4v) is 1.58. The minimum Gasteiger partial charge on any atom is -0.504 e. The highest BCUT2D eigenvalue weighted by atomic mass is 16.5. The predicted molar refractivity (Wildman–Crippen MR) is 54.5 cm³/mol. The van der Waals surface area contributed by atoms with Gasteiger partial charge >= 0.3 is 0 Å². The number of hydrogen-bond acceptors (Lipinski definition) is 3. The highest BCUT2D eigenvalue weighted by Gasteiger charge is 2.37. The molecule has 0 heterocycles. The van der Waals surface area contributed by atoms with Crippen LogP contribution in [0.3, 0.4) is 0 Å². The van der Waals surface area contributed by atoms with Crippen molar-refractivity contribution >= 4 is 0 Å². The molecule has 0 atom stereocenters. The van der Waals surface area contributed by atoms with Gasteiger partial charge in [-0.05, 0) is 37.0 Å². The van der Waals surface area contributed by atoms with Crippen molar-refractivity contribution in [1.29, 1.82) is 0 Å². The number of rotatable bonds is 3. The van der Waals surface area contributed by atoms with E-state index < -0.39 is 0 Å². The third-order valence-corrected chi connectivity index (χ3v) is 2.69. The Balaban J connectivity index is 2.18. The van der Waals surface area contributed by atoms with E-state index in [0.29, 0.717) is 5.75 Å². The van der Waals surface area contributed by atoms with Crippen LogP contribution in [0.5, 0.6) is 11.5 Å². The first kappa shape index (κ1) is 9.34. The van der Waals surface area contributed by atoms with Gasteiger partial charge in [0, 0.05) is 5.54 Å². The van der Waals surface area contributed by atoms with E-state index in [1.807, 2.05) is 12.1 Å². The molecule has 1 saturated carbocycles. The second-order valence-electron chi connectivity index (χ2n) is 4.05. The number of benzene rings is 1. The van der Waals surface area contributed by atoms with Crippen LogP contribution in [0.1, 0.15) is 18.4 Å². The Bertz CT molecular complexity index is 345. The van der Waals surface area contributed by atoms with Crippen molar-refractivity contribution in [3.05, 3.63) is 23.8 Å². The van der Waals surface area contributed by atoms with Crippen molar-refractivity contribution in [2.45, 2.75) is 24.8 Å². The second-order valence-corrected chi connectivity index (χ2v) is 4.05. The summed E-state index contributed by atoms with van der Waals surface area (Å²) in [6.07, 6.45) is 3.05. The molecule has 14 heavy (non-hydrogen) atoms. The zero-order valence-electron chi connectivity index (χ0n) is 8.29. The van der Waals surface area contributed by atoms with E-state index in [9.17, 15) is 5.11 Å². The first-order valence-electron chi connectivity index (χ1n) is 4.78. The average Bonchev–Trinajstić information content (AvgIpc) is 2.87. The summed E-state index contributed by atoms with van der Waals surface area (Å²) in [5, 5.41) is 9.39. The van der Waals surface area contributed by atoms with E-state index in [0.717, 1.165) is 24.8 Å². The lowest BCUT2D eigenvalue weighted by molar-refractivity contribution is 0.372. The predicted octanol–water partition coefficient (Wildman–Crippen LogP) is 1.43. The molecule has 1 aromatic rings. The minimum atomic E-state index is 0.00197. The molecule has 0 saturated heterocycles. The topological polar surface area (TPSA) is 55.5 Å². The van der Waals surface area contributed by atoms with Gasteiger partial charge in [-0.25, -0.2) is 0 Å². The third kappa shape index (κ3) is 1.82. The van der Waals surface area contributed by atoms with E-state index in [1.54, 1.807) is 13.2 Å². The van der Waals surface area contributed by atoms with Crippen LogP contribution < -0.4 is 10.5 Å². The van der Waals surface area contributed by atoms with Gasteiger partial charge in [0.1, 0.15) is 0 Å². The Hall–Kier alpha value is -1.22. The van der Waals surface area contributed by atoms with Gasteiger partial charge < -0.3 is 15.6 Å². The molecule has 2 rings (SSSR count). The van der Waals surface area contributed by atoms with E-state index >= 15 is 0 Å². The number of ether oxygens (including phenoxy) is 1. The summed E-state index contributed by atoms with van der Waals surface area (Å²) in [6.45, 7) is 0. The smallest absolute Gasteiger partial charge is 0.160 e. The zero-order chi connectivity index (χ0) is 10.2. The van der Waals surface area contributed by atoms with Crippen molar-refractivity contribution in [2.24, 2.45) is 5.73 Å². The lowest BCUT2D eigenvalue weighted by atomic mass is 10.0. The SMILES string of the molecule is COc1cc(CC2(N)CC2)ccc1O. The fraction of sp³-hybridized carbons (Fsp3) is 0.455. The van der Waals surface area contributed by atoms with Crippen LogP contribution in [0, 0.1) is 0 Å². The lowest BCUT2D eigenvalue weighted by Crippen LogP contribution is -2.24. The fourth-order valence-electron chi connectivity index (χ4n) is 1.58. The van der Waals surface area contributed by atoms with Crippen LogP contribution in [0.15, 0.2) is 18.2 Å². The molecular weight excluding hydrogens is 178 g/mol. The summed E-state index contributed by atoms with van der Waals surface area (Å²) in [6, 6.07) is 5.40. The summed E-state index contributed by atoms with van der Waals surface area (Å²) in [7, 11) is 1.55. The Morgan fingerprint density at radius 3 is 2.79 bits per heavy atom. The average molecular weight is 193 g/mol. The maximum absolute atomic E-state index is 9.39. The standard InChI is InChI=1S/C11H15NO2/c1-14-10-6-8(2-3-9(10)13)7-11(12)4-5-11/h2-3,6,13H,4-5,7,12H2,1H3. The normalized spacial score (nSPS) is 17.9. The van der Waals surface area contributed by atoms with Crippen LogP contribution in [0.2, 0.25) is 0 Å². The largest absolute Gasteiger partial charge is 0.504 e. The summed E-state index contributed by atoms with van der Waals surface area (Å²) in [5.74, 6) is 0.699. The maximum atomic E-state index is 9.39. The number of hydrogen-bond donors (Lipinski definition) is 2. The molecule has 0 bridgehead atoms. The van der Waals surface area contributed by atoms with Crippen molar-refractivity contribution < 1.29 is 9.84 Å². The van der Waals surface area contributed by atoms with E-state index in [-0.39, 0.29) is 11.3 Å². The van der Waals surface area contributed by atoms with E-state index in [4.69, 9.17) is 10.5 Å². The van der Waals surface area contributed by atoms with Crippen LogP contribution in [0.25, 0.3) is 0 Å². The summed E-state index contributed by atoms with van der Waals surface area (Å²) >= 11 is 0. The van der Waals surface area contributed by atoms with Crippen molar-refractivity contribution in [1.82, 2.24) is 0 Å². The zero-order valence-corrected chi connectivity index (χ0v) is 8.29. The van der Waals surface area contributed by atoms with Gasteiger partial charge in [0.05, 0.1) is 7.11 Å². The number of methoxy groups -OCH3 is 1. The molecule has 1 fully saturated rings. The van der Waals surface area contributed by atoms with Crippen molar-refractivity contribution in [2.75, 3.05) is 7.11 Å². The molecule has 0 aromatic heterocycles. The van der Waals surface area contributed by atoms with Gasteiger partial charge in [-0.2, -0.15) is 0 Å². The molecule has 1 aromatic carbocycles. The lowest BCUT2D eigenvalue weighted by Gasteiger charge is -2.10. The molecule has 3 N–H and O–H groups in total. The number of nitrogens with two attached hydrogens (primary N) is 1. The molecule has 76 valence electrons. The minimum absolute atomic E-state index is 0.00197. The second kappa shape index (κ2) is 3.17. The highest BCUT2D eigenvalue weighted by Crippen LogP contribution is 2.37. The van der Waals surface area contributed by atoms with Gasteiger partial charge in [0.2, 0.25) is 0 Å². The van der Waals surface area contributed by atoms with Gasteiger partial charge in [-0.1, -0.05) is 6.07 Å². The number of aromatic hydroxyl groups is 1. The Kier molecular flexibility index (Phi) is 2.11. The third-order valence-electron chi connectivity index (χ3n) is 2.69. The summed E-state index contributed by atoms with van der Waals surface area (Å²) in [5.41, 5.74) is 7.13. The Morgan fingerprint density at radius 2 is 2.21 bits per heavy atom. The summed E-state index contributed by atoms with van der Waals surface area (Å²) < 4.78 is 5.03. The molecule has 0 spiro atoms. The van der Waals surface area contributed by atoms with Gasteiger partial charge in [-0.15, -0.1) is 0 Å². The number of phenols is 1. The first-order chi connectivity index (χ1) is 6.63. The molecule has 0 radical (unpaired) electrons. The molecule has 0 amide bonds.